The van der Waals surface area contributed by atoms with Crippen LogP contribution in [0.2, 0.25) is 0 Å². The molecule has 0 saturated carbocycles. The molecule has 34 heavy (non-hydrogen) atoms. The Morgan fingerprint density at radius 1 is 0.706 bits per heavy atom. The zero-order valence-electron chi connectivity index (χ0n) is 17.5. The predicted octanol–water partition coefficient (Wildman–Crippen LogP) is 3.38. The number of hydrogen-bond donors (Lipinski definition) is 1. The summed E-state index contributed by atoms with van der Waals surface area (Å²) in [6.07, 6.45) is 0.399. The molecular formula is C22H17N3O7S2. The highest BCUT2D eigenvalue weighted by Crippen LogP contribution is 2.38. The van der Waals surface area contributed by atoms with Gasteiger partial charge in [0.1, 0.15) is 5.84 Å². The highest BCUT2D eigenvalue weighted by Gasteiger charge is 2.33. The number of amidine groups is 1. The summed E-state index contributed by atoms with van der Waals surface area (Å²) in [6.45, 7) is 0. The highest BCUT2D eigenvalue weighted by molar-refractivity contribution is 8.76. The maximum atomic E-state index is 12.4. The van der Waals surface area contributed by atoms with Crippen LogP contribution in [0.3, 0.4) is 0 Å². The van der Waals surface area contributed by atoms with E-state index in [1.807, 2.05) is 0 Å². The van der Waals surface area contributed by atoms with Crippen molar-refractivity contribution in [1.29, 1.82) is 5.41 Å². The molecule has 0 spiro atoms. The molecule has 10 nitrogen and oxygen atoms in total. The molecule has 0 radical (unpaired) electrons. The molecule has 12 heteroatoms. The van der Waals surface area contributed by atoms with Gasteiger partial charge in [0.2, 0.25) is 0 Å². The van der Waals surface area contributed by atoms with Gasteiger partial charge in [-0.15, -0.1) is 10.1 Å². The van der Waals surface area contributed by atoms with Crippen molar-refractivity contribution in [2.24, 2.45) is 0 Å². The Morgan fingerprint density at radius 2 is 1.15 bits per heavy atom. The van der Waals surface area contributed by atoms with Crippen molar-refractivity contribution in [3.8, 4) is 0 Å². The highest BCUT2D eigenvalue weighted by atomic mass is 33.1. The van der Waals surface area contributed by atoms with Gasteiger partial charge in [-0.05, 0) is 36.4 Å². The van der Waals surface area contributed by atoms with Gasteiger partial charge in [0.25, 0.3) is 17.7 Å². The number of carbonyl (C=O) groups is 5. The largest absolute Gasteiger partial charge is 0.363 e. The summed E-state index contributed by atoms with van der Waals surface area (Å²) >= 11 is 0. The third kappa shape index (κ3) is 5.29. The number of hydrogen-bond acceptors (Lipinski definition) is 10. The number of benzene rings is 2. The van der Waals surface area contributed by atoms with E-state index in [4.69, 9.17) is 15.1 Å². The molecular weight excluding hydrogens is 482 g/mol. The average molecular weight is 500 g/mol. The molecule has 174 valence electrons. The Bertz CT molecular complexity index is 1090. The Balaban J connectivity index is 1.37. The standard InChI is InChI=1S/C22H17N3O7S2/c23-17-7-8-18(26)24(17)31-21(29)13-3-1-5-15(11-13)33-34-16-6-2-4-14(12-16)22(30)32-25-19(27)9-10-20(25)28/h1-6,11-12,23H,7-10H2. The van der Waals surface area contributed by atoms with E-state index in [1.165, 1.54) is 27.7 Å². The van der Waals surface area contributed by atoms with Crippen molar-refractivity contribution in [3.05, 3.63) is 59.7 Å². The van der Waals surface area contributed by atoms with Crippen molar-refractivity contribution in [1.82, 2.24) is 10.1 Å². The molecule has 0 unspecified atom stereocenters. The quantitative estimate of drug-likeness (QED) is 0.449. The zero-order chi connectivity index (χ0) is 24.2. The van der Waals surface area contributed by atoms with Crippen LogP contribution in [0.5, 0.6) is 0 Å². The first kappa shape index (κ1) is 23.5. The monoisotopic (exact) mass is 499 g/mol. The Hall–Kier alpha value is -3.64. The third-order valence-electron chi connectivity index (χ3n) is 4.78. The number of imide groups is 1. The Morgan fingerprint density at radius 3 is 1.62 bits per heavy atom. The van der Waals surface area contributed by atoms with Crippen molar-refractivity contribution in [2.75, 3.05) is 0 Å². The first-order valence-corrected chi connectivity index (χ1v) is 12.2. The SMILES string of the molecule is N=C1CCC(=O)N1OC(=O)c1cccc(SSc2cccc(C(=O)ON3C(=O)CCC3=O)c2)c1. The van der Waals surface area contributed by atoms with Gasteiger partial charge in [-0.25, -0.2) is 9.59 Å². The van der Waals surface area contributed by atoms with Gasteiger partial charge >= 0.3 is 11.9 Å². The van der Waals surface area contributed by atoms with Gasteiger partial charge in [0, 0.05) is 35.5 Å². The molecule has 2 heterocycles. The van der Waals surface area contributed by atoms with Crippen molar-refractivity contribution >= 4 is 57.1 Å². The van der Waals surface area contributed by atoms with Crippen LogP contribution in [0.25, 0.3) is 0 Å². The minimum absolute atomic E-state index is 0.0160. The fraction of sp³-hybridized carbons (Fsp3) is 0.182. The number of nitrogens with zero attached hydrogens (tertiary/aromatic N) is 2. The van der Waals surface area contributed by atoms with Crippen LogP contribution in [0.15, 0.2) is 58.3 Å². The van der Waals surface area contributed by atoms with E-state index < -0.39 is 29.7 Å². The van der Waals surface area contributed by atoms with E-state index in [2.05, 4.69) is 0 Å². The van der Waals surface area contributed by atoms with Gasteiger partial charge < -0.3 is 9.68 Å². The summed E-state index contributed by atoms with van der Waals surface area (Å²) in [6, 6.07) is 13.1. The summed E-state index contributed by atoms with van der Waals surface area (Å²) in [7, 11) is 2.63. The van der Waals surface area contributed by atoms with Gasteiger partial charge in [-0.2, -0.15) is 0 Å². The number of hydroxylamine groups is 4. The molecule has 0 aromatic heterocycles. The number of rotatable bonds is 7. The molecule has 2 aliphatic heterocycles. The third-order valence-corrected chi connectivity index (χ3v) is 7.16. The maximum Gasteiger partial charge on any atom is 0.363 e. The fourth-order valence-electron chi connectivity index (χ4n) is 3.06. The molecule has 3 amide bonds. The lowest BCUT2D eigenvalue weighted by Gasteiger charge is -2.14. The predicted molar refractivity (Wildman–Crippen MR) is 120 cm³/mol. The van der Waals surface area contributed by atoms with E-state index >= 15 is 0 Å². The van der Waals surface area contributed by atoms with Crippen LogP contribution in [0.1, 0.15) is 46.4 Å². The molecule has 2 aromatic rings. The molecule has 0 bridgehead atoms. The molecule has 2 saturated heterocycles. The van der Waals surface area contributed by atoms with Crippen LogP contribution < -0.4 is 0 Å². The second kappa shape index (κ2) is 10.1. The van der Waals surface area contributed by atoms with Crippen LogP contribution in [0, 0.1) is 5.41 Å². The maximum absolute atomic E-state index is 12.4. The number of nitrogens with one attached hydrogen (secondary N) is 1. The number of amides is 3. The minimum Gasteiger partial charge on any atom is -0.327 e. The lowest BCUT2D eigenvalue weighted by atomic mass is 10.2. The molecule has 0 aliphatic carbocycles. The molecule has 0 atom stereocenters. The van der Waals surface area contributed by atoms with E-state index in [9.17, 15) is 24.0 Å². The second-order valence-electron chi connectivity index (χ2n) is 7.20. The summed E-state index contributed by atoms with van der Waals surface area (Å²) in [4.78, 5) is 71.1. The van der Waals surface area contributed by atoms with Gasteiger partial charge in [-0.1, -0.05) is 33.7 Å². The lowest BCUT2D eigenvalue weighted by Crippen LogP contribution is -2.32. The Kier molecular flexibility index (Phi) is 6.98. The summed E-state index contributed by atoms with van der Waals surface area (Å²) in [5.74, 6) is -3.16. The van der Waals surface area contributed by atoms with Crippen molar-refractivity contribution < 1.29 is 33.6 Å². The van der Waals surface area contributed by atoms with Crippen LogP contribution in [-0.2, 0) is 24.1 Å². The van der Waals surface area contributed by atoms with Crippen molar-refractivity contribution in [3.63, 3.8) is 0 Å². The van der Waals surface area contributed by atoms with Crippen LogP contribution in [0.4, 0.5) is 0 Å². The average Bonchev–Trinajstić information content (AvgIpc) is 3.33. The molecule has 4 rings (SSSR count). The van der Waals surface area contributed by atoms with E-state index in [0.29, 0.717) is 19.9 Å². The molecule has 1 N–H and O–H groups in total. The summed E-state index contributed by atoms with van der Waals surface area (Å²) in [5, 5.41) is 8.89. The van der Waals surface area contributed by atoms with Gasteiger partial charge in [0.15, 0.2) is 0 Å². The first-order valence-electron chi connectivity index (χ1n) is 10.1. The summed E-state index contributed by atoms with van der Waals surface area (Å²) in [5.41, 5.74) is 0.392. The lowest BCUT2D eigenvalue weighted by molar-refractivity contribution is -0.172. The van der Waals surface area contributed by atoms with E-state index in [1.54, 1.807) is 42.5 Å². The molecule has 2 aromatic carbocycles. The van der Waals surface area contributed by atoms with E-state index in [-0.39, 0.29) is 42.6 Å². The topological polar surface area (TPSA) is 134 Å². The fourth-order valence-corrected chi connectivity index (χ4v) is 5.07. The zero-order valence-corrected chi connectivity index (χ0v) is 19.1. The van der Waals surface area contributed by atoms with Gasteiger partial charge in [-0.3, -0.25) is 19.8 Å². The van der Waals surface area contributed by atoms with Crippen molar-refractivity contribution in [2.45, 2.75) is 35.5 Å². The van der Waals surface area contributed by atoms with Crippen LogP contribution in [-0.4, -0.2) is 45.6 Å². The van der Waals surface area contributed by atoms with Gasteiger partial charge in [0.05, 0.1) is 11.1 Å². The first-order chi connectivity index (χ1) is 16.3. The Labute approximate surface area is 201 Å². The second-order valence-corrected chi connectivity index (χ2v) is 9.47. The van der Waals surface area contributed by atoms with Crippen LogP contribution >= 0.6 is 21.6 Å². The number of carbonyl (C=O) groups excluding carboxylic acids is 5. The summed E-state index contributed by atoms with van der Waals surface area (Å²) < 4.78 is 0. The smallest absolute Gasteiger partial charge is 0.327 e. The molecule has 2 aliphatic rings. The normalized spacial score (nSPS) is 15.8. The van der Waals surface area contributed by atoms with E-state index in [0.717, 1.165) is 0 Å². The minimum atomic E-state index is -0.817. The molecule has 2 fully saturated rings.